The number of rotatable bonds is 5. The number of unbranched alkanes of at least 4 members (excludes halogenated alkanes) is 1. The number of halogens is 2. The van der Waals surface area contributed by atoms with Gasteiger partial charge in [-0.25, -0.2) is 0 Å². The lowest BCUT2D eigenvalue weighted by Gasteiger charge is -2.32. The quantitative estimate of drug-likeness (QED) is 0.441. The van der Waals surface area contributed by atoms with Gasteiger partial charge in [-0.15, -0.1) is 11.6 Å². The minimum absolute atomic E-state index is 0.136. The highest BCUT2D eigenvalue weighted by Gasteiger charge is 2.39. The number of alkyl halides is 2. The van der Waals surface area contributed by atoms with Gasteiger partial charge < -0.3 is 0 Å². The average Bonchev–Trinajstić information content (AvgIpc) is 2.41. The summed E-state index contributed by atoms with van der Waals surface area (Å²) in [6.45, 7) is 6.80. The van der Waals surface area contributed by atoms with E-state index >= 15 is 0 Å². The van der Waals surface area contributed by atoms with Crippen LogP contribution in [0.15, 0.2) is 0 Å². The molecule has 0 amide bonds. The van der Waals surface area contributed by atoms with Crippen LogP contribution in [0.3, 0.4) is 0 Å². The molecular weight excluding hydrogens is 320 g/mol. The predicted molar refractivity (Wildman–Crippen MR) is 77.0 cm³/mol. The van der Waals surface area contributed by atoms with Crippen molar-refractivity contribution in [1.29, 1.82) is 0 Å². The molecule has 1 nitrogen and oxygen atoms in total. The Morgan fingerprint density at radius 2 is 2.27 bits per heavy atom. The first-order valence-corrected chi connectivity index (χ1v) is 7.48. The van der Waals surface area contributed by atoms with Crippen LogP contribution in [0.25, 0.3) is 0 Å². The Morgan fingerprint density at radius 3 is 2.73 bits per heavy atom. The van der Waals surface area contributed by atoms with E-state index in [0.717, 1.165) is 12.8 Å². The highest BCUT2D eigenvalue weighted by Crippen LogP contribution is 2.40. The molecule has 3 unspecified atom stereocenters. The summed E-state index contributed by atoms with van der Waals surface area (Å²) in [5.41, 5.74) is 0. The third-order valence-corrected chi connectivity index (χ3v) is 4.53. The Kier molecular flexibility index (Phi) is 5.19. The molecular formula is C12H23ClIN. The summed E-state index contributed by atoms with van der Waals surface area (Å²) in [5, 5.41) is 3.52. The number of nitrogens with one attached hydrogen (secondary N) is 1. The molecule has 1 fully saturated rings. The molecule has 1 aliphatic heterocycles. The van der Waals surface area contributed by atoms with Crippen molar-refractivity contribution in [2.75, 3.05) is 0 Å². The maximum Gasteiger partial charge on any atom is 0.0950 e. The van der Waals surface area contributed by atoms with Crippen molar-refractivity contribution >= 4 is 34.2 Å². The van der Waals surface area contributed by atoms with Crippen LogP contribution in [-0.2, 0) is 0 Å². The zero-order valence-electron chi connectivity index (χ0n) is 10.1. The molecule has 0 aromatic rings. The number of hydrogen-bond acceptors (Lipinski definition) is 1. The van der Waals surface area contributed by atoms with E-state index in [1.165, 1.54) is 25.7 Å². The van der Waals surface area contributed by atoms with E-state index in [9.17, 15) is 0 Å². The Hall–Kier alpha value is 0.980. The van der Waals surface area contributed by atoms with E-state index in [2.05, 4.69) is 48.7 Å². The second kappa shape index (κ2) is 5.54. The molecule has 0 saturated carbocycles. The van der Waals surface area contributed by atoms with Gasteiger partial charge in [0.25, 0.3) is 0 Å². The highest BCUT2D eigenvalue weighted by molar-refractivity contribution is 14.1. The van der Waals surface area contributed by atoms with Gasteiger partial charge in [0, 0.05) is 9.46 Å². The third kappa shape index (κ3) is 4.78. The largest absolute Gasteiger partial charge is 0.296 e. The standard InChI is InChI=1S/C12H23ClIN/c1-4-5-7-11(3,14)9-12(13)8-6-10(2)15-12/h10,15H,4-9H2,1-3H3. The van der Waals surface area contributed by atoms with Gasteiger partial charge in [-0.05, 0) is 32.6 Å². The molecule has 0 bridgehead atoms. The van der Waals surface area contributed by atoms with E-state index in [1.807, 2.05) is 0 Å². The first-order chi connectivity index (χ1) is 6.87. The molecule has 1 N–H and O–H groups in total. The van der Waals surface area contributed by atoms with Crippen LogP contribution < -0.4 is 5.32 Å². The van der Waals surface area contributed by atoms with Crippen LogP contribution in [0, 0.1) is 0 Å². The van der Waals surface area contributed by atoms with E-state index in [4.69, 9.17) is 11.6 Å². The fourth-order valence-electron chi connectivity index (χ4n) is 2.39. The molecule has 0 spiro atoms. The van der Waals surface area contributed by atoms with Crippen LogP contribution in [0.2, 0.25) is 0 Å². The molecule has 1 aliphatic rings. The van der Waals surface area contributed by atoms with Gasteiger partial charge in [0.05, 0.1) is 5.00 Å². The summed E-state index contributed by atoms with van der Waals surface area (Å²) >= 11 is 9.19. The zero-order chi connectivity index (χ0) is 11.5. The van der Waals surface area contributed by atoms with Crippen LogP contribution >= 0.6 is 34.2 Å². The highest BCUT2D eigenvalue weighted by atomic mass is 127. The van der Waals surface area contributed by atoms with E-state index in [-0.39, 0.29) is 5.00 Å². The van der Waals surface area contributed by atoms with Crippen molar-refractivity contribution < 1.29 is 0 Å². The van der Waals surface area contributed by atoms with Crippen LogP contribution in [-0.4, -0.2) is 14.5 Å². The molecule has 90 valence electrons. The lowest BCUT2D eigenvalue weighted by molar-refractivity contribution is 0.404. The molecule has 1 heterocycles. The summed E-state index contributed by atoms with van der Waals surface area (Å²) < 4.78 is 0.340. The SMILES string of the molecule is CCCCC(C)(I)CC1(Cl)CCC(C)N1. The Morgan fingerprint density at radius 1 is 1.60 bits per heavy atom. The van der Waals surface area contributed by atoms with Crippen molar-refractivity contribution in [2.24, 2.45) is 0 Å². The molecule has 15 heavy (non-hydrogen) atoms. The fourth-order valence-corrected chi connectivity index (χ4v) is 4.24. The summed E-state index contributed by atoms with van der Waals surface area (Å²) in [6.07, 6.45) is 7.26. The normalized spacial score (nSPS) is 35.4. The predicted octanol–water partition coefficient (Wildman–Crippen LogP) is 4.47. The Labute approximate surface area is 113 Å². The second-order valence-electron chi connectivity index (χ2n) is 5.24. The molecule has 0 radical (unpaired) electrons. The fraction of sp³-hybridized carbons (Fsp3) is 1.00. The maximum absolute atomic E-state index is 6.61. The second-order valence-corrected chi connectivity index (χ2v) is 8.57. The minimum atomic E-state index is -0.136. The van der Waals surface area contributed by atoms with Gasteiger partial charge in [0.15, 0.2) is 0 Å². The summed E-state index contributed by atoms with van der Waals surface area (Å²) in [4.78, 5) is -0.136. The van der Waals surface area contributed by atoms with Crippen molar-refractivity contribution in [3.05, 3.63) is 0 Å². The minimum Gasteiger partial charge on any atom is -0.296 e. The van der Waals surface area contributed by atoms with Crippen molar-refractivity contribution in [3.8, 4) is 0 Å². The van der Waals surface area contributed by atoms with Gasteiger partial charge in [-0.2, -0.15) is 0 Å². The summed E-state index contributed by atoms with van der Waals surface area (Å²) in [6, 6.07) is 0.584. The number of hydrogen-bond donors (Lipinski definition) is 1. The first-order valence-electron chi connectivity index (χ1n) is 6.02. The lowest BCUT2D eigenvalue weighted by atomic mass is 9.95. The van der Waals surface area contributed by atoms with E-state index in [1.54, 1.807) is 0 Å². The topological polar surface area (TPSA) is 12.0 Å². The van der Waals surface area contributed by atoms with Crippen LogP contribution in [0.1, 0.15) is 59.3 Å². The van der Waals surface area contributed by atoms with E-state index < -0.39 is 0 Å². The molecule has 1 saturated heterocycles. The molecule has 0 aliphatic carbocycles. The zero-order valence-corrected chi connectivity index (χ0v) is 13.0. The molecule has 0 aromatic heterocycles. The van der Waals surface area contributed by atoms with Crippen molar-refractivity contribution in [3.63, 3.8) is 0 Å². The van der Waals surface area contributed by atoms with Crippen molar-refractivity contribution in [1.82, 2.24) is 5.32 Å². The van der Waals surface area contributed by atoms with Crippen molar-refractivity contribution in [2.45, 2.75) is 73.8 Å². The summed E-state index contributed by atoms with van der Waals surface area (Å²) in [7, 11) is 0. The summed E-state index contributed by atoms with van der Waals surface area (Å²) in [5.74, 6) is 0. The van der Waals surface area contributed by atoms with Gasteiger partial charge in [0.2, 0.25) is 0 Å². The Bertz CT molecular complexity index is 208. The van der Waals surface area contributed by atoms with Crippen LogP contribution in [0.5, 0.6) is 0 Å². The van der Waals surface area contributed by atoms with Crippen LogP contribution in [0.4, 0.5) is 0 Å². The first kappa shape index (κ1) is 14.0. The molecule has 0 aromatic carbocycles. The Balaban J connectivity index is 2.45. The molecule has 3 atom stereocenters. The van der Waals surface area contributed by atoms with Gasteiger partial charge in [0.1, 0.15) is 0 Å². The third-order valence-electron chi connectivity index (χ3n) is 3.18. The lowest BCUT2D eigenvalue weighted by Crippen LogP contribution is -2.41. The molecule has 3 heteroatoms. The monoisotopic (exact) mass is 343 g/mol. The average molecular weight is 344 g/mol. The van der Waals surface area contributed by atoms with Gasteiger partial charge >= 0.3 is 0 Å². The maximum atomic E-state index is 6.61. The van der Waals surface area contributed by atoms with E-state index in [0.29, 0.717) is 9.46 Å². The smallest absolute Gasteiger partial charge is 0.0950 e. The molecule has 1 rings (SSSR count). The van der Waals surface area contributed by atoms with Gasteiger partial charge in [-0.3, -0.25) is 5.32 Å². The van der Waals surface area contributed by atoms with Gasteiger partial charge in [-0.1, -0.05) is 49.3 Å².